The Morgan fingerprint density at radius 1 is 1.58 bits per heavy atom. The van der Waals surface area contributed by atoms with Crippen molar-refractivity contribution in [1.29, 1.82) is 0 Å². The summed E-state index contributed by atoms with van der Waals surface area (Å²) in [4.78, 5) is 10.9. The van der Waals surface area contributed by atoms with Gasteiger partial charge in [0.2, 0.25) is 0 Å². The molecule has 1 aliphatic carbocycles. The van der Waals surface area contributed by atoms with E-state index in [-0.39, 0.29) is 10.9 Å². The lowest BCUT2D eigenvalue weighted by Gasteiger charge is -2.46. The van der Waals surface area contributed by atoms with Crippen molar-refractivity contribution < 1.29 is 9.90 Å². The molecular formula is C8H13NO2S. The summed E-state index contributed by atoms with van der Waals surface area (Å²) < 4.78 is 0. The SMILES string of the molecule is O=C(O)C1CCSC2(CCC2)N1. The van der Waals surface area contributed by atoms with Gasteiger partial charge in [-0.2, -0.15) is 0 Å². The third kappa shape index (κ3) is 1.33. The molecule has 4 heteroatoms. The average molecular weight is 187 g/mol. The lowest BCUT2D eigenvalue weighted by atomic mass is 9.90. The molecule has 1 atom stereocenters. The fraction of sp³-hybridized carbons (Fsp3) is 0.875. The molecule has 2 N–H and O–H groups in total. The monoisotopic (exact) mass is 187 g/mol. The molecule has 2 rings (SSSR count). The molecule has 12 heavy (non-hydrogen) atoms. The van der Waals surface area contributed by atoms with Crippen LogP contribution in [0.5, 0.6) is 0 Å². The molecule has 1 spiro atoms. The predicted molar refractivity (Wildman–Crippen MR) is 48.2 cm³/mol. The Morgan fingerprint density at radius 2 is 2.33 bits per heavy atom. The highest BCUT2D eigenvalue weighted by molar-refractivity contribution is 8.00. The summed E-state index contributed by atoms with van der Waals surface area (Å²) in [6.45, 7) is 0. The Bertz CT molecular complexity index is 203. The molecule has 0 aromatic heterocycles. The fourth-order valence-corrected chi connectivity index (χ4v) is 3.32. The number of thioether (sulfide) groups is 1. The van der Waals surface area contributed by atoms with Gasteiger partial charge in [0.25, 0.3) is 0 Å². The zero-order valence-corrected chi connectivity index (χ0v) is 7.69. The maximum absolute atomic E-state index is 10.7. The van der Waals surface area contributed by atoms with E-state index in [9.17, 15) is 4.79 Å². The molecule has 1 heterocycles. The number of aliphatic carboxylic acids is 1. The standard InChI is InChI=1S/C8H13NO2S/c10-7(11)6-2-5-12-8(9-6)3-1-4-8/h6,9H,1-5H2,(H,10,11). The van der Waals surface area contributed by atoms with E-state index in [4.69, 9.17) is 5.11 Å². The van der Waals surface area contributed by atoms with Gasteiger partial charge in [-0.1, -0.05) is 0 Å². The zero-order valence-electron chi connectivity index (χ0n) is 6.88. The van der Waals surface area contributed by atoms with E-state index in [1.807, 2.05) is 11.8 Å². The highest BCUT2D eigenvalue weighted by Crippen LogP contribution is 2.44. The van der Waals surface area contributed by atoms with Crippen molar-refractivity contribution in [2.24, 2.45) is 0 Å². The number of carbonyl (C=O) groups is 1. The highest BCUT2D eigenvalue weighted by atomic mass is 32.2. The minimum Gasteiger partial charge on any atom is -0.480 e. The molecular weight excluding hydrogens is 174 g/mol. The van der Waals surface area contributed by atoms with E-state index in [2.05, 4.69) is 5.32 Å². The molecule has 3 nitrogen and oxygen atoms in total. The Labute approximate surface area is 75.9 Å². The first-order valence-electron chi connectivity index (χ1n) is 4.36. The van der Waals surface area contributed by atoms with Crippen LogP contribution in [0.4, 0.5) is 0 Å². The van der Waals surface area contributed by atoms with Crippen molar-refractivity contribution in [2.75, 3.05) is 5.75 Å². The Morgan fingerprint density at radius 3 is 2.83 bits per heavy atom. The summed E-state index contributed by atoms with van der Waals surface area (Å²) in [6.07, 6.45) is 4.29. The van der Waals surface area contributed by atoms with Crippen LogP contribution in [0.2, 0.25) is 0 Å². The van der Waals surface area contributed by atoms with Crippen LogP contribution in [0.15, 0.2) is 0 Å². The van der Waals surface area contributed by atoms with Crippen molar-refractivity contribution in [3.05, 3.63) is 0 Å². The molecule has 2 fully saturated rings. The van der Waals surface area contributed by atoms with Crippen molar-refractivity contribution >= 4 is 17.7 Å². The molecule has 1 saturated heterocycles. The van der Waals surface area contributed by atoms with E-state index >= 15 is 0 Å². The van der Waals surface area contributed by atoms with Crippen LogP contribution in [0.3, 0.4) is 0 Å². The molecule has 0 aromatic carbocycles. The van der Waals surface area contributed by atoms with Crippen molar-refractivity contribution in [3.63, 3.8) is 0 Å². The fourth-order valence-electron chi connectivity index (χ4n) is 1.78. The van der Waals surface area contributed by atoms with Crippen LogP contribution in [0.25, 0.3) is 0 Å². The van der Waals surface area contributed by atoms with Gasteiger partial charge in [-0.25, -0.2) is 0 Å². The molecule has 0 aromatic rings. The molecule has 0 radical (unpaired) electrons. The number of rotatable bonds is 1. The lowest BCUT2D eigenvalue weighted by Crippen LogP contribution is -2.58. The van der Waals surface area contributed by atoms with Gasteiger partial charge in [0.1, 0.15) is 6.04 Å². The molecule has 68 valence electrons. The summed E-state index contributed by atoms with van der Waals surface area (Å²) >= 11 is 1.90. The summed E-state index contributed by atoms with van der Waals surface area (Å²) in [6, 6.07) is -0.299. The van der Waals surface area contributed by atoms with E-state index < -0.39 is 5.97 Å². The minimum absolute atomic E-state index is 0.140. The second-order valence-corrected chi connectivity index (χ2v) is 5.00. The van der Waals surface area contributed by atoms with Crippen LogP contribution in [0, 0.1) is 0 Å². The van der Waals surface area contributed by atoms with Crippen molar-refractivity contribution in [3.8, 4) is 0 Å². The van der Waals surface area contributed by atoms with E-state index in [0.717, 1.165) is 25.0 Å². The summed E-state index contributed by atoms with van der Waals surface area (Å²) in [7, 11) is 0. The second-order valence-electron chi connectivity index (χ2n) is 3.52. The van der Waals surface area contributed by atoms with E-state index in [0.29, 0.717) is 0 Å². The maximum Gasteiger partial charge on any atom is 0.320 e. The van der Waals surface area contributed by atoms with Gasteiger partial charge in [-0.15, -0.1) is 11.8 Å². The van der Waals surface area contributed by atoms with Crippen LogP contribution in [-0.4, -0.2) is 27.7 Å². The molecule has 0 bridgehead atoms. The highest BCUT2D eigenvalue weighted by Gasteiger charge is 2.43. The van der Waals surface area contributed by atoms with Gasteiger partial charge in [-0.05, 0) is 31.4 Å². The second kappa shape index (κ2) is 2.92. The van der Waals surface area contributed by atoms with Gasteiger partial charge in [-0.3, -0.25) is 10.1 Å². The molecule has 1 aliphatic heterocycles. The van der Waals surface area contributed by atoms with Gasteiger partial charge < -0.3 is 5.11 Å². The summed E-state index contributed by atoms with van der Waals surface area (Å²) in [5, 5.41) is 12.0. The Balaban J connectivity index is 1.98. The van der Waals surface area contributed by atoms with Crippen molar-refractivity contribution in [1.82, 2.24) is 5.32 Å². The average Bonchev–Trinajstić information content (AvgIpc) is 2.02. The Kier molecular flexibility index (Phi) is 2.04. The topological polar surface area (TPSA) is 49.3 Å². The van der Waals surface area contributed by atoms with Crippen LogP contribution in [-0.2, 0) is 4.79 Å². The molecule has 1 unspecified atom stereocenters. The third-order valence-corrected chi connectivity index (χ3v) is 4.20. The predicted octanol–water partition coefficient (Wildman–Crippen LogP) is 1.05. The quantitative estimate of drug-likeness (QED) is 0.644. The molecule has 1 saturated carbocycles. The van der Waals surface area contributed by atoms with Gasteiger partial charge in [0.15, 0.2) is 0 Å². The van der Waals surface area contributed by atoms with Crippen molar-refractivity contribution in [2.45, 2.75) is 36.6 Å². The normalized spacial score (nSPS) is 32.8. The van der Waals surface area contributed by atoms with E-state index in [1.54, 1.807) is 0 Å². The third-order valence-electron chi connectivity index (χ3n) is 2.68. The number of nitrogens with one attached hydrogen (secondary N) is 1. The number of carboxylic acids is 1. The van der Waals surface area contributed by atoms with Gasteiger partial charge in [0.05, 0.1) is 4.87 Å². The lowest BCUT2D eigenvalue weighted by molar-refractivity contribution is -0.140. The number of hydrogen-bond acceptors (Lipinski definition) is 3. The van der Waals surface area contributed by atoms with Crippen LogP contribution in [0.1, 0.15) is 25.7 Å². The van der Waals surface area contributed by atoms with Crippen LogP contribution >= 0.6 is 11.8 Å². The molecule has 0 amide bonds. The summed E-state index contributed by atoms with van der Waals surface area (Å²) in [5.41, 5.74) is 0. The first-order valence-corrected chi connectivity index (χ1v) is 5.35. The largest absolute Gasteiger partial charge is 0.480 e. The van der Waals surface area contributed by atoms with Crippen LogP contribution < -0.4 is 5.32 Å². The van der Waals surface area contributed by atoms with E-state index in [1.165, 1.54) is 6.42 Å². The Hall–Kier alpha value is -0.220. The summed E-state index contributed by atoms with van der Waals surface area (Å²) in [5.74, 6) is 0.297. The smallest absolute Gasteiger partial charge is 0.320 e. The van der Waals surface area contributed by atoms with Gasteiger partial charge >= 0.3 is 5.97 Å². The number of hydrogen-bond donors (Lipinski definition) is 2. The first-order chi connectivity index (χ1) is 5.72. The number of carboxylic acid groups (broad SMARTS) is 1. The minimum atomic E-state index is -0.693. The maximum atomic E-state index is 10.7. The zero-order chi connectivity index (χ0) is 8.60. The van der Waals surface area contributed by atoms with Gasteiger partial charge in [0, 0.05) is 0 Å². The first kappa shape index (κ1) is 8.38. The molecule has 2 aliphatic rings.